The van der Waals surface area contributed by atoms with Crippen molar-refractivity contribution >= 4 is 17.7 Å². The van der Waals surface area contributed by atoms with E-state index in [0.717, 1.165) is 5.69 Å². The van der Waals surface area contributed by atoms with Crippen LogP contribution in [0, 0.1) is 12.8 Å². The number of nitrogens with one attached hydrogen (secondary N) is 1. The molecule has 1 atom stereocenters. The van der Waals surface area contributed by atoms with Gasteiger partial charge in [-0.1, -0.05) is 25.6 Å². The van der Waals surface area contributed by atoms with Crippen LogP contribution in [0.2, 0.25) is 0 Å². The van der Waals surface area contributed by atoms with Crippen LogP contribution < -0.4 is 11.3 Å². The quantitative estimate of drug-likeness (QED) is 0.268. The third-order valence-electron chi connectivity index (χ3n) is 2.01. The molecule has 1 rings (SSSR count). The number of amides is 1. The molecule has 0 aliphatic heterocycles. The molecule has 0 saturated heterocycles. The lowest BCUT2D eigenvalue weighted by molar-refractivity contribution is -0.121. The predicted octanol–water partition coefficient (Wildman–Crippen LogP) is 0.892. The van der Waals surface area contributed by atoms with Gasteiger partial charge in [0.15, 0.2) is 5.16 Å². The first-order valence-corrected chi connectivity index (χ1v) is 5.89. The maximum Gasteiger partial charge on any atom is 0.247 e. The van der Waals surface area contributed by atoms with Crippen LogP contribution in [0.5, 0.6) is 0 Å². The van der Waals surface area contributed by atoms with E-state index in [4.69, 9.17) is 5.84 Å². The van der Waals surface area contributed by atoms with Gasteiger partial charge in [-0.2, -0.15) is 0 Å². The molecule has 0 spiro atoms. The highest BCUT2D eigenvalue weighted by Gasteiger charge is 2.23. The third-order valence-corrected chi connectivity index (χ3v) is 3.43. The number of nitrogens with zero attached hydrogens (tertiary/aromatic N) is 2. The lowest BCUT2D eigenvalue weighted by Gasteiger charge is -2.17. The zero-order valence-corrected chi connectivity index (χ0v) is 10.4. The highest BCUT2D eigenvalue weighted by atomic mass is 32.2. The Morgan fingerprint density at radius 1 is 1.56 bits per heavy atom. The Hall–Kier alpha value is -1.14. The molecular weight excluding hydrogens is 224 g/mol. The monoisotopic (exact) mass is 240 g/mol. The Balaban J connectivity index is 2.79. The largest absolute Gasteiger partial charge is 0.293 e. The topological polar surface area (TPSA) is 80.9 Å². The second kappa shape index (κ2) is 5.81. The van der Waals surface area contributed by atoms with Gasteiger partial charge >= 0.3 is 0 Å². The van der Waals surface area contributed by atoms with E-state index in [2.05, 4.69) is 15.4 Å². The van der Waals surface area contributed by atoms with Gasteiger partial charge in [0.2, 0.25) is 5.91 Å². The standard InChI is InChI=1S/C10H16N4OS/c1-6(2)8(9(15)14-11)16-10-12-5-4-7(3)13-10/h4-6,8H,11H2,1-3H3,(H,14,15). The molecule has 0 fully saturated rings. The predicted molar refractivity (Wildman–Crippen MR) is 63.6 cm³/mol. The van der Waals surface area contributed by atoms with Gasteiger partial charge in [0.05, 0.1) is 5.25 Å². The average Bonchev–Trinajstić information content (AvgIpc) is 2.24. The average molecular weight is 240 g/mol. The number of hydrogen-bond acceptors (Lipinski definition) is 5. The van der Waals surface area contributed by atoms with Crippen LogP contribution in [0.25, 0.3) is 0 Å². The van der Waals surface area contributed by atoms with Crippen LogP contribution in [0.3, 0.4) is 0 Å². The minimum atomic E-state index is -0.271. The van der Waals surface area contributed by atoms with Gasteiger partial charge in [-0.3, -0.25) is 10.2 Å². The molecule has 0 bridgehead atoms. The van der Waals surface area contributed by atoms with Gasteiger partial charge < -0.3 is 0 Å². The van der Waals surface area contributed by atoms with Gasteiger partial charge in [0, 0.05) is 11.9 Å². The third kappa shape index (κ3) is 3.46. The van der Waals surface area contributed by atoms with Crippen molar-refractivity contribution in [2.24, 2.45) is 11.8 Å². The molecule has 3 N–H and O–H groups in total. The van der Waals surface area contributed by atoms with Gasteiger partial charge in [-0.25, -0.2) is 15.8 Å². The lowest BCUT2D eigenvalue weighted by atomic mass is 10.1. The second-order valence-corrected chi connectivity index (χ2v) is 4.88. The number of rotatable bonds is 4. The molecule has 1 amide bonds. The first kappa shape index (κ1) is 12.9. The van der Waals surface area contributed by atoms with Gasteiger partial charge in [-0.05, 0) is 18.9 Å². The molecule has 0 aromatic carbocycles. The van der Waals surface area contributed by atoms with Crippen LogP contribution in [0.15, 0.2) is 17.4 Å². The molecule has 88 valence electrons. The van der Waals surface area contributed by atoms with Crippen LogP contribution in [-0.2, 0) is 4.79 Å². The first-order chi connectivity index (χ1) is 7.54. The number of aromatic nitrogens is 2. The zero-order valence-electron chi connectivity index (χ0n) is 9.60. The zero-order chi connectivity index (χ0) is 12.1. The van der Waals surface area contributed by atoms with Crippen molar-refractivity contribution < 1.29 is 4.79 Å². The minimum absolute atomic E-state index is 0.165. The van der Waals surface area contributed by atoms with Crippen molar-refractivity contribution in [2.75, 3.05) is 0 Å². The normalized spacial score (nSPS) is 12.6. The number of nitrogens with two attached hydrogens (primary N) is 1. The van der Waals surface area contributed by atoms with Crippen molar-refractivity contribution in [1.29, 1.82) is 0 Å². The van der Waals surface area contributed by atoms with Crippen molar-refractivity contribution in [3.05, 3.63) is 18.0 Å². The van der Waals surface area contributed by atoms with Crippen LogP contribution in [0.4, 0.5) is 0 Å². The maximum atomic E-state index is 11.5. The SMILES string of the molecule is Cc1ccnc(SC(C(=O)NN)C(C)C)n1. The fraction of sp³-hybridized carbons (Fsp3) is 0.500. The van der Waals surface area contributed by atoms with E-state index in [1.165, 1.54) is 11.8 Å². The molecule has 0 aliphatic carbocycles. The Morgan fingerprint density at radius 3 is 2.75 bits per heavy atom. The van der Waals surface area contributed by atoms with Gasteiger partial charge in [-0.15, -0.1) is 0 Å². The Labute approximate surface area is 99.2 Å². The van der Waals surface area contributed by atoms with Crippen LogP contribution >= 0.6 is 11.8 Å². The van der Waals surface area contributed by atoms with Crippen LogP contribution in [0.1, 0.15) is 19.5 Å². The number of aryl methyl sites for hydroxylation is 1. The minimum Gasteiger partial charge on any atom is -0.293 e. The molecule has 1 aromatic rings. The highest BCUT2D eigenvalue weighted by Crippen LogP contribution is 2.25. The molecule has 0 saturated carbocycles. The summed E-state index contributed by atoms with van der Waals surface area (Å²) in [5, 5.41) is 0.328. The van der Waals surface area contributed by atoms with Gasteiger partial charge in [0.25, 0.3) is 0 Å². The molecule has 1 unspecified atom stereocenters. The molecule has 0 radical (unpaired) electrons. The van der Waals surface area contributed by atoms with Crippen molar-refractivity contribution in [3.63, 3.8) is 0 Å². The Morgan fingerprint density at radius 2 is 2.25 bits per heavy atom. The fourth-order valence-corrected chi connectivity index (χ4v) is 2.16. The molecule has 5 nitrogen and oxygen atoms in total. The molecule has 1 heterocycles. The van der Waals surface area contributed by atoms with E-state index in [-0.39, 0.29) is 17.1 Å². The van der Waals surface area contributed by atoms with Crippen LogP contribution in [-0.4, -0.2) is 21.1 Å². The summed E-state index contributed by atoms with van der Waals surface area (Å²) in [5.41, 5.74) is 3.05. The summed E-state index contributed by atoms with van der Waals surface area (Å²) in [7, 11) is 0. The number of carbonyl (C=O) groups is 1. The summed E-state index contributed by atoms with van der Waals surface area (Å²) in [4.78, 5) is 19.9. The summed E-state index contributed by atoms with van der Waals surface area (Å²) < 4.78 is 0. The number of hydrogen-bond donors (Lipinski definition) is 2. The summed E-state index contributed by atoms with van der Waals surface area (Å²) in [6.07, 6.45) is 1.68. The maximum absolute atomic E-state index is 11.5. The number of hydrazine groups is 1. The molecule has 16 heavy (non-hydrogen) atoms. The van der Waals surface area contributed by atoms with Crippen molar-refractivity contribution in [1.82, 2.24) is 15.4 Å². The van der Waals surface area contributed by atoms with E-state index < -0.39 is 0 Å². The Bertz CT molecular complexity index is 370. The fourth-order valence-electron chi connectivity index (χ4n) is 1.17. The van der Waals surface area contributed by atoms with E-state index in [1.807, 2.05) is 26.8 Å². The van der Waals surface area contributed by atoms with E-state index >= 15 is 0 Å². The highest BCUT2D eigenvalue weighted by molar-refractivity contribution is 8.00. The summed E-state index contributed by atoms with van der Waals surface area (Å²) in [5.74, 6) is 5.10. The first-order valence-electron chi connectivity index (χ1n) is 5.01. The molecule has 1 aromatic heterocycles. The second-order valence-electron chi connectivity index (χ2n) is 3.77. The number of carbonyl (C=O) groups excluding carboxylic acids is 1. The van der Waals surface area contributed by atoms with E-state index in [9.17, 15) is 4.79 Å². The van der Waals surface area contributed by atoms with Crippen molar-refractivity contribution in [2.45, 2.75) is 31.2 Å². The summed E-state index contributed by atoms with van der Waals surface area (Å²) >= 11 is 1.33. The van der Waals surface area contributed by atoms with E-state index in [1.54, 1.807) is 6.20 Å². The Kier molecular flexibility index (Phi) is 4.70. The number of thioether (sulfide) groups is 1. The van der Waals surface area contributed by atoms with Crippen molar-refractivity contribution in [3.8, 4) is 0 Å². The summed E-state index contributed by atoms with van der Waals surface area (Å²) in [6, 6.07) is 1.82. The molecular formula is C10H16N4OS. The van der Waals surface area contributed by atoms with Gasteiger partial charge in [0.1, 0.15) is 0 Å². The van der Waals surface area contributed by atoms with E-state index in [0.29, 0.717) is 5.16 Å². The lowest BCUT2D eigenvalue weighted by Crippen LogP contribution is -2.40. The summed E-state index contributed by atoms with van der Waals surface area (Å²) in [6.45, 7) is 5.81. The molecule has 6 heteroatoms. The smallest absolute Gasteiger partial charge is 0.247 e. The molecule has 0 aliphatic rings.